The Morgan fingerprint density at radius 1 is 0.659 bits per heavy atom. The van der Waals surface area contributed by atoms with Gasteiger partial charge in [-0.25, -0.2) is 0 Å². The molecule has 0 aromatic heterocycles. The monoisotopic (exact) mass is 549 g/mol. The average molecular weight is 550 g/mol. The molecule has 0 N–H and O–H groups in total. The Morgan fingerprint density at radius 3 is 1.80 bits per heavy atom. The molecule has 0 radical (unpaired) electrons. The normalized spacial score (nSPS) is 22.0. The molecule has 6 heteroatoms. The van der Waals surface area contributed by atoms with Gasteiger partial charge in [-0.1, -0.05) is 109 Å². The van der Waals surface area contributed by atoms with Gasteiger partial charge >= 0.3 is 0 Å². The van der Waals surface area contributed by atoms with E-state index in [1.807, 2.05) is 120 Å². The molecule has 2 heterocycles. The van der Waals surface area contributed by atoms with E-state index in [2.05, 4.69) is 0 Å². The van der Waals surface area contributed by atoms with Gasteiger partial charge in [0.25, 0.3) is 5.91 Å². The first-order chi connectivity index (χ1) is 20.3. The van der Waals surface area contributed by atoms with Crippen molar-refractivity contribution in [1.29, 1.82) is 0 Å². The van der Waals surface area contributed by atoms with Crippen molar-refractivity contribution in [2.24, 2.45) is 0 Å². The highest BCUT2D eigenvalue weighted by molar-refractivity contribution is 5.98. The van der Waals surface area contributed by atoms with Crippen molar-refractivity contribution in [3.63, 3.8) is 0 Å². The number of carbonyl (C=O) groups excluding carboxylic acids is 1. The Balaban J connectivity index is 1.26. The summed E-state index contributed by atoms with van der Waals surface area (Å²) in [5.74, 6) is 0.00287. The van der Waals surface area contributed by atoms with Gasteiger partial charge in [-0.05, 0) is 28.3 Å². The van der Waals surface area contributed by atoms with E-state index < -0.39 is 12.2 Å². The first-order valence-corrected chi connectivity index (χ1v) is 14.2. The number of carbonyl (C=O) groups is 1. The van der Waals surface area contributed by atoms with Crippen LogP contribution in [0.15, 0.2) is 115 Å². The molecule has 6 nitrogen and oxygen atoms in total. The van der Waals surface area contributed by atoms with Crippen LogP contribution in [-0.4, -0.2) is 48.4 Å². The molecule has 0 saturated carbocycles. The molecule has 1 fully saturated rings. The van der Waals surface area contributed by atoms with Crippen LogP contribution < -0.4 is 0 Å². The standard InChI is InChI=1S/C35H35NO5/c37-35-30-19-11-10-18-29(30)20-36(35)31-24-39-32(25-38-21-26-12-4-1-5-13-26)34(41-23-28-16-8-3-9-17-28)33(31)40-22-27-14-6-2-7-15-27/h1-19,31-34H,20-25H2/t31-,32-,33-,34+/m1/s1. The highest BCUT2D eigenvalue weighted by Gasteiger charge is 2.47. The summed E-state index contributed by atoms with van der Waals surface area (Å²) >= 11 is 0. The van der Waals surface area contributed by atoms with Crippen LogP contribution >= 0.6 is 0 Å². The van der Waals surface area contributed by atoms with Crippen LogP contribution in [0.1, 0.15) is 32.6 Å². The van der Waals surface area contributed by atoms with Crippen molar-refractivity contribution in [3.8, 4) is 0 Å². The third-order valence-corrected chi connectivity index (χ3v) is 7.76. The molecule has 0 spiro atoms. The highest BCUT2D eigenvalue weighted by Crippen LogP contribution is 2.32. The third kappa shape index (κ3) is 6.58. The lowest BCUT2D eigenvalue weighted by molar-refractivity contribution is -0.219. The van der Waals surface area contributed by atoms with Crippen LogP contribution in [0, 0.1) is 0 Å². The maximum Gasteiger partial charge on any atom is 0.254 e. The number of amides is 1. The van der Waals surface area contributed by atoms with Crippen molar-refractivity contribution >= 4 is 5.91 Å². The number of hydrogen-bond donors (Lipinski definition) is 0. The molecule has 210 valence electrons. The van der Waals surface area contributed by atoms with Crippen LogP contribution in [0.2, 0.25) is 0 Å². The lowest BCUT2D eigenvalue weighted by atomic mass is 9.96. The SMILES string of the molecule is O=C1c2ccccc2CN1[C@@H]1CO[C@H](COCc2ccccc2)[C@H](OCc2ccccc2)[C@@H]1OCc1ccccc1. The third-order valence-electron chi connectivity index (χ3n) is 7.76. The fourth-order valence-corrected chi connectivity index (χ4v) is 5.61. The van der Waals surface area contributed by atoms with Crippen molar-refractivity contribution in [3.05, 3.63) is 143 Å². The van der Waals surface area contributed by atoms with Gasteiger partial charge in [0.1, 0.15) is 18.3 Å². The van der Waals surface area contributed by atoms with Crippen molar-refractivity contribution in [2.75, 3.05) is 13.2 Å². The number of nitrogens with zero attached hydrogens (tertiary/aromatic N) is 1. The second kappa shape index (κ2) is 13.2. The van der Waals surface area contributed by atoms with E-state index in [0.717, 1.165) is 27.8 Å². The Labute approximate surface area is 241 Å². The zero-order chi connectivity index (χ0) is 27.9. The van der Waals surface area contributed by atoms with Gasteiger partial charge in [0.15, 0.2) is 0 Å². The number of rotatable bonds is 11. The minimum atomic E-state index is -0.454. The predicted molar refractivity (Wildman–Crippen MR) is 156 cm³/mol. The minimum Gasteiger partial charge on any atom is -0.374 e. The Hall–Kier alpha value is -3.81. The fourth-order valence-electron chi connectivity index (χ4n) is 5.61. The van der Waals surface area contributed by atoms with Crippen molar-refractivity contribution < 1.29 is 23.7 Å². The van der Waals surface area contributed by atoms with Gasteiger partial charge < -0.3 is 23.8 Å². The molecule has 0 aliphatic carbocycles. The lowest BCUT2D eigenvalue weighted by Gasteiger charge is -2.45. The van der Waals surface area contributed by atoms with Gasteiger partial charge in [-0.2, -0.15) is 0 Å². The molecule has 4 aromatic carbocycles. The van der Waals surface area contributed by atoms with Crippen LogP contribution in [0.4, 0.5) is 0 Å². The molecule has 1 amide bonds. The molecule has 6 rings (SSSR count). The van der Waals surface area contributed by atoms with E-state index in [9.17, 15) is 4.79 Å². The molecule has 0 unspecified atom stereocenters. The van der Waals surface area contributed by atoms with E-state index in [4.69, 9.17) is 18.9 Å². The maximum absolute atomic E-state index is 13.6. The molecule has 2 aliphatic heterocycles. The van der Waals surface area contributed by atoms with Gasteiger partial charge in [-0.15, -0.1) is 0 Å². The van der Waals surface area contributed by atoms with Crippen molar-refractivity contribution in [2.45, 2.75) is 50.7 Å². The number of ether oxygens (including phenoxy) is 4. The van der Waals surface area contributed by atoms with E-state index in [0.29, 0.717) is 39.6 Å². The first kappa shape index (κ1) is 27.4. The summed E-state index contributed by atoms with van der Waals surface area (Å²) in [4.78, 5) is 15.5. The summed E-state index contributed by atoms with van der Waals surface area (Å²) in [7, 11) is 0. The summed E-state index contributed by atoms with van der Waals surface area (Å²) < 4.78 is 25.9. The maximum atomic E-state index is 13.6. The summed E-state index contributed by atoms with van der Waals surface area (Å²) in [6.07, 6.45) is -1.24. The van der Waals surface area contributed by atoms with E-state index in [1.54, 1.807) is 0 Å². The predicted octanol–water partition coefficient (Wildman–Crippen LogP) is 5.80. The summed E-state index contributed by atoms with van der Waals surface area (Å²) in [6, 6.07) is 37.8. The van der Waals surface area contributed by atoms with Crippen LogP contribution in [0.5, 0.6) is 0 Å². The van der Waals surface area contributed by atoms with E-state index >= 15 is 0 Å². The Kier molecular flexibility index (Phi) is 8.83. The second-order valence-electron chi connectivity index (χ2n) is 10.6. The molecule has 4 aromatic rings. The second-order valence-corrected chi connectivity index (χ2v) is 10.6. The van der Waals surface area contributed by atoms with Crippen molar-refractivity contribution in [1.82, 2.24) is 4.90 Å². The molecule has 1 saturated heterocycles. The number of hydrogen-bond acceptors (Lipinski definition) is 5. The molecule has 4 atom stereocenters. The topological polar surface area (TPSA) is 57.2 Å². The van der Waals surface area contributed by atoms with Gasteiger partial charge in [0.05, 0.1) is 39.1 Å². The van der Waals surface area contributed by atoms with Crippen LogP contribution in [0.25, 0.3) is 0 Å². The van der Waals surface area contributed by atoms with Gasteiger partial charge in [0.2, 0.25) is 0 Å². The Bertz CT molecular complexity index is 1400. The molecular weight excluding hydrogens is 514 g/mol. The van der Waals surface area contributed by atoms with Crippen LogP contribution in [0.3, 0.4) is 0 Å². The Morgan fingerprint density at radius 2 is 1.20 bits per heavy atom. The zero-order valence-corrected chi connectivity index (χ0v) is 23.0. The lowest BCUT2D eigenvalue weighted by Crippen LogP contribution is -2.61. The fraction of sp³-hybridized carbons (Fsp3) is 0.286. The smallest absolute Gasteiger partial charge is 0.254 e. The van der Waals surface area contributed by atoms with E-state index in [-0.39, 0.29) is 18.1 Å². The minimum absolute atomic E-state index is 0.00287. The first-order valence-electron chi connectivity index (χ1n) is 14.2. The molecule has 0 bridgehead atoms. The quantitative estimate of drug-likeness (QED) is 0.237. The summed E-state index contributed by atoms with van der Waals surface area (Å²) in [5, 5.41) is 0. The number of benzene rings is 4. The van der Waals surface area contributed by atoms with Gasteiger partial charge in [-0.3, -0.25) is 4.79 Å². The highest BCUT2D eigenvalue weighted by atomic mass is 16.6. The zero-order valence-electron chi connectivity index (χ0n) is 23.0. The molecule has 41 heavy (non-hydrogen) atoms. The molecular formula is C35H35NO5. The average Bonchev–Trinajstić information content (AvgIpc) is 3.37. The summed E-state index contributed by atoms with van der Waals surface area (Å²) in [5.41, 5.74) is 4.98. The number of fused-ring (bicyclic) bond motifs is 1. The largest absolute Gasteiger partial charge is 0.374 e. The molecule has 2 aliphatic rings. The van der Waals surface area contributed by atoms with E-state index in [1.165, 1.54) is 0 Å². The summed E-state index contributed by atoms with van der Waals surface area (Å²) in [6.45, 7) is 2.49. The van der Waals surface area contributed by atoms with Crippen LogP contribution in [-0.2, 0) is 45.3 Å². The van der Waals surface area contributed by atoms with Gasteiger partial charge in [0, 0.05) is 12.1 Å².